The average Bonchev–Trinajstić information content (AvgIpc) is 2.65. The first kappa shape index (κ1) is 16.5. The van der Waals surface area contributed by atoms with Crippen molar-refractivity contribution in [1.82, 2.24) is 9.97 Å². The lowest BCUT2D eigenvalue weighted by atomic mass is 9.55. The maximum atomic E-state index is 10.8. The van der Waals surface area contributed by atoms with Gasteiger partial charge in [-0.05, 0) is 49.1 Å². The van der Waals surface area contributed by atoms with Crippen LogP contribution in [-0.4, -0.2) is 35.3 Å². The number of pyridine rings is 2. The lowest BCUT2D eigenvalue weighted by molar-refractivity contribution is -0.0516. The summed E-state index contributed by atoms with van der Waals surface area (Å²) in [4.78, 5) is 11.0. The predicted octanol–water partition coefficient (Wildman–Crippen LogP) is 3.59. The maximum absolute atomic E-state index is 10.8. The van der Waals surface area contributed by atoms with Crippen LogP contribution < -0.4 is 9.64 Å². The Bertz CT molecular complexity index is 976. The number of methoxy groups -OCH3 is 1. The molecule has 0 bridgehead atoms. The molecule has 5 heteroatoms. The quantitative estimate of drug-likeness (QED) is 0.770. The molecule has 1 N–H and O–H groups in total. The van der Waals surface area contributed by atoms with Crippen LogP contribution in [-0.2, 0) is 0 Å². The van der Waals surface area contributed by atoms with Crippen LogP contribution in [0.15, 0.2) is 55.0 Å². The van der Waals surface area contributed by atoms with Crippen LogP contribution in [0.4, 0.5) is 5.69 Å². The average molecular weight is 361 g/mol. The van der Waals surface area contributed by atoms with E-state index in [2.05, 4.69) is 39.1 Å². The number of hydrogen-bond donors (Lipinski definition) is 1. The van der Waals surface area contributed by atoms with Crippen molar-refractivity contribution in [2.24, 2.45) is 11.3 Å². The molecule has 138 valence electrons. The second-order valence-corrected chi connectivity index (χ2v) is 7.97. The van der Waals surface area contributed by atoms with Gasteiger partial charge in [0, 0.05) is 53.7 Å². The van der Waals surface area contributed by atoms with Gasteiger partial charge in [0.1, 0.15) is 5.75 Å². The highest BCUT2D eigenvalue weighted by Crippen LogP contribution is 2.56. The smallest absolute Gasteiger partial charge is 0.127 e. The van der Waals surface area contributed by atoms with Crippen LogP contribution in [0.25, 0.3) is 10.9 Å². The molecule has 1 unspecified atom stereocenters. The van der Waals surface area contributed by atoms with Gasteiger partial charge in [-0.1, -0.05) is 6.07 Å². The molecule has 2 aromatic heterocycles. The van der Waals surface area contributed by atoms with E-state index in [-0.39, 0.29) is 5.92 Å². The van der Waals surface area contributed by atoms with Gasteiger partial charge in [0.2, 0.25) is 0 Å². The molecule has 0 radical (unpaired) electrons. The summed E-state index contributed by atoms with van der Waals surface area (Å²) in [6.45, 7) is 2.12. The minimum absolute atomic E-state index is 0.283. The Morgan fingerprint density at radius 2 is 2.04 bits per heavy atom. The standard InChI is InChI=1S/C22H23N3O2/c1-27-20-6-8-23-12-18(20)21(26)16-10-22(11-16)13-25(14-22)17-4-5-19-15(9-17)3-2-7-24-19/h2-9,12,16,21,26H,10-11,13-14H2,1H3. The Balaban J connectivity index is 1.24. The molecule has 1 aliphatic carbocycles. The van der Waals surface area contributed by atoms with E-state index in [1.165, 1.54) is 11.1 Å². The van der Waals surface area contributed by atoms with E-state index in [9.17, 15) is 5.11 Å². The van der Waals surface area contributed by atoms with E-state index in [1.54, 1.807) is 19.5 Å². The van der Waals surface area contributed by atoms with Crippen LogP contribution in [0.1, 0.15) is 24.5 Å². The maximum Gasteiger partial charge on any atom is 0.127 e. The highest BCUT2D eigenvalue weighted by atomic mass is 16.5. The van der Waals surface area contributed by atoms with Crippen molar-refractivity contribution >= 4 is 16.6 Å². The van der Waals surface area contributed by atoms with E-state index in [4.69, 9.17) is 4.74 Å². The number of ether oxygens (including phenoxy) is 1. The second-order valence-electron chi connectivity index (χ2n) is 7.97. The van der Waals surface area contributed by atoms with E-state index >= 15 is 0 Å². The third-order valence-corrected chi connectivity index (χ3v) is 6.19. The number of anilines is 1. The molecule has 3 aromatic rings. The summed E-state index contributed by atoms with van der Waals surface area (Å²) in [5.74, 6) is 1.00. The van der Waals surface area contributed by atoms with Crippen LogP contribution in [0.3, 0.4) is 0 Å². The van der Waals surface area contributed by atoms with Crippen molar-refractivity contribution in [2.75, 3.05) is 25.1 Å². The summed E-state index contributed by atoms with van der Waals surface area (Å²) in [6, 6.07) is 12.4. The Hall–Kier alpha value is -2.66. The highest BCUT2D eigenvalue weighted by Gasteiger charge is 2.54. The fourth-order valence-corrected chi connectivity index (χ4v) is 4.80. The van der Waals surface area contributed by atoms with Crippen LogP contribution in [0, 0.1) is 11.3 Å². The van der Waals surface area contributed by atoms with Crippen molar-refractivity contribution in [2.45, 2.75) is 18.9 Å². The minimum Gasteiger partial charge on any atom is -0.496 e. The third-order valence-electron chi connectivity index (χ3n) is 6.19. The van der Waals surface area contributed by atoms with E-state index in [0.29, 0.717) is 5.41 Å². The number of fused-ring (bicyclic) bond motifs is 1. The van der Waals surface area contributed by atoms with Crippen LogP contribution in [0.5, 0.6) is 5.75 Å². The van der Waals surface area contributed by atoms with E-state index in [1.807, 2.05) is 18.3 Å². The minimum atomic E-state index is -0.500. The number of hydrogen-bond acceptors (Lipinski definition) is 5. The molecule has 5 rings (SSSR count). The van der Waals surface area contributed by atoms with Gasteiger partial charge < -0.3 is 14.7 Å². The van der Waals surface area contributed by atoms with Crippen molar-refractivity contribution in [3.05, 3.63) is 60.6 Å². The molecular formula is C22H23N3O2. The first-order chi connectivity index (χ1) is 13.2. The number of aliphatic hydroxyl groups is 1. The fourth-order valence-electron chi connectivity index (χ4n) is 4.80. The lowest BCUT2D eigenvalue weighted by Crippen LogP contribution is -2.63. The SMILES string of the molecule is COc1ccncc1C(O)C1CC2(C1)CN(c1ccc3ncccc3c1)C2. The van der Waals surface area contributed by atoms with Gasteiger partial charge in [-0.25, -0.2) is 0 Å². The summed E-state index contributed by atoms with van der Waals surface area (Å²) < 4.78 is 5.37. The predicted molar refractivity (Wildman–Crippen MR) is 105 cm³/mol. The van der Waals surface area contributed by atoms with E-state index < -0.39 is 6.10 Å². The number of aromatic nitrogens is 2. The molecule has 3 heterocycles. The molecule has 1 spiro atoms. The topological polar surface area (TPSA) is 58.5 Å². The molecule has 2 aliphatic rings. The van der Waals surface area contributed by atoms with E-state index in [0.717, 1.165) is 42.8 Å². The lowest BCUT2D eigenvalue weighted by Gasteiger charge is -2.60. The Morgan fingerprint density at radius 3 is 2.85 bits per heavy atom. The molecular weight excluding hydrogens is 338 g/mol. The number of rotatable bonds is 4. The number of benzene rings is 1. The van der Waals surface area contributed by atoms with Gasteiger partial charge in [0.05, 0.1) is 18.7 Å². The molecule has 27 heavy (non-hydrogen) atoms. The Kier molecular flexibility index (Phi) is 3.79. The van der Waals surface area contributed by atoms with Crippen LogP contribution >= 0.6 is 0 Å². The largest absolute Gasteiger partial charge is 0.496 e. The monoisotopic (exact) mass is 361 g/mol. The number of nitrogens with zero attached hydrogens (tertiary/aromatic N) is 3. The molecule has 1 saturated carbocycles. The van der Waals surface area contributed by atoms with Crippen molar-refractivity contribution in [3.63, 3.8) is 0 Å². The zero-order chi connectivity index (χ0) is 18.4. The Morgan fingerprint density at radius 1 is 1.19 bits per heavy atom. The summed E-state index contributed by atoms with van der Waals surface area (Å²) in [5, 5.41) is 11.9. The molecule has 2 fully saturated rings. The van der Waals surface area contributed by atoms with Gasteiger partial charge in [-0.2, -0.15) is 0 Å². The highest BCUT2D eigenvalue weighted by molar-refractivity contribution is 5.82. The summed E-state index contributed by atoms with van der Waals surface area (Å²) in [5.41, 5.74) is 3.45. The summed E-state index contributed by atoms with van der Waals surface area (Å²) in [6.07, 6.45) is 6.86. The van der Waals surface area contributed by atoms with Crippen molar-refractivity contribution in [1.29, 1.82) is 0 Å². The van der Waals surface area contributed by atoms with Crippen molar-refractivity contribution in [3.8, 4) is 5.75 Å². The zero-order valence-corrected chi connectivity index (χ0v) is 15.4. The molecule has 1 aliphatic heterocycles. The normalized spacial score (nSPS) is 19.6. The summed E-state index contributed by atoms with van der Waals surface area (Å²) in [7, 11) is 1.64. The first-order valence-corrected chi connectivity index (χ1v) is 9.43. The van der Waals surface area contributed by atoms with Gasteiger partial charge in [0.15, 0.2) is 0 Å². The zero-order valence-electron chi connectivity index (χ0n) is 15.4. The third kappa shape index (κ3) is 2.73. The molecule has 1 aromatic carbocycles. The van der Waals surface area contributed by atoms with Gasteiger partial charge in [0.25, 0.3) is 0 Å². The van der Waals surface area contributed by atoms with Crippen molar-refractivity contribution < 1.29 is 9.84 Å². The molecule has 1 atom stereocenters. The Labute approximate surface area is 158 Å². The summed E-state index contributed by atoms with van der Waals surface area (Å²) >= 11 is 0. The van der Waals surface area contributed by atoms with Gasteiger partial charge >= 0.3 is 0 Å². The van der Waals surface area contributed by atoms with Gasteiger partial charge in [-0.15, -0.1) is 0 Å². The molecule has 0 amide bonds. The van der Waals surface area contributed by atoms with Crippen LogP contribution in [0.2, 0.25) is 0 Å². The number of aliphatic hydroxyl groups excluding tert-OH is 1. The van der Waals surface area contributed by atoms with Gasteiger partial charge in [-0.3, -0.25) is 9.97 Å². The second kappa shape index (κ2) is 6.20. The first-order valence-electron chi connectivity index (χ1n) is 9.43. The molecule has 5 nitrogen and oxygen atoms in total. The molecule has 1 saturated heterocycles. The fraction of sp³-hybridized carbons (Fsp3) is 0.364.